The first kappa shape index (κ1) is 6.93. The van der Waals surface area contributed by atoms with Crippen LogP contribution in [-0.2, 0) is 0 Å². The molecule has 0 atom stereocenters. The number of rotatable bonds is 0. The van der Waals surface area contributed by atoms with Gasteiger partial charge < -0.3 is 4.42 Å². The van der Waals surface area contributed by atoms with E-state index < -0.39 is 0 Å². The highest BCUT2D eigenvalue weighted by Crippen LogP contribution is 2.47. The normalized spacial score (nSPS) is 10.0. The van der Waals surface area contributed by atoms with Crippen molar-refractivity contribution in [1.82, 2.24) is 0 Å². The first-order valence-corrected chi connectivity index (χ1v) is 3.70. The van der Waals surface area contributed by atoms with Crippen LogP contribution < -0.4 is 0 Å². The van der Waals surface area contributed by atoms with Gasteiger partial charge in [0.05, 0.1) is 12.3 Å². The molecular weight excluding hydrogens is 150 g/mol. The van der Waals surface area contributed by atoms with Crippen molar-refractivity contribution in [3.63, 3.8) is 0 Å². The summed E-state index contributed by atoms with van der Waals surface area (Å²) in [6.45, 7) is 1.43. The van der Waals surface area contributed by atoms with Crippen molar-refractivity contribution in [3.05, 3.63) is 24.5 Å². The Bertz CT molecular complexity index is 462. The van der Waals surface area contributed by atoms with Gasteiger partial charge in [-0.2, -0.15) is 5.26 Å². The first-order chi connectivity index (χ1) is 5.88. The largest absolute Gasteiger partial charge is 0.464 e. The van der Waals surface area contributed by atoms with Crippen molar-refractivity contribution in [2.24, 2.45) is 0 Å². The lowest BCUT2D eigenvalue weighted by Gasteiger charge is -1.81. The fourth-order valence-electron chi connectivity index (χ4n) is 1.31. The molecule has 0 N–H and O–H groups in total. The number of nitrogens with zero attached hydrogens (tertiary/aromatic N) is 1. The minimum absolute atomic E-state index is 1.03. The van der Waals surface area contributed by atoms with Crippen molar-refractivity contribution in [2.75, 3.05) is 0 Å². The molecule has 1 aromatic carbocycles. The van der Waals surface area contributed by atoms with E-state index in [0.29, 0.717) is 0 Å². The molecule has 0 saturated carbocycles. The molecule has 1 aromatic heterocycles. The molecule has 0 amide bonds. The predicted molar refractivity (Wildman–Crippen MR) is 46.5 cm³/mol. The van der Waals surface area contributed by atoms with Gasteiger partial charge >= 0.3 is 0 Å². The van der Waals surface area contributed by atoms with E-state index in [1.54, 1.807) is 6.07 Å². The number of hydrogen-bond acceptors (Lipinski definition) is 2. The van der Waals surface area contributed by atoms with E-state index in [1.165, 1.54) is 23.4 Å². The monoisotopic (exact) mass is 157 g/mol. The third-order valence-corrected chi connectivity index (χ3v) is 1.83. The molecule has 12 heavy (non-hydrogen) atoms. The highest BCUT2D eigenvalue weighted by Gasteiger charge is 2.23. The molecular formula is C10H7NO. The van der Waals surface area contributed by atoms with Gasteiger partial charge in [0.25, 0.3) is 0 Å². The van der Waals surface area contributed by atoms with E-state index in [2.05, 4.69) is 6.07 Å². The quantitative estimate of drug-likeness (QED) is 0.503. The lowest BCUT2D eigenvalue weighted by atomic mass is 10.3. The Hall–Kier alpha value is -1.75. The van der Waals surface area contributed by atoms with Gasteiger partial charge in [-0.1, -0.05) is 12.1 Å². The molecule has 2 heteroatoms. The minimum Gasteiger partial charge on any atom is -0.464 e. The summed E-state index contributed by atoms with van der Waals surface area (Å²) in [7, 11) is 0. The van der Waals surface area contributed by atoms with Crippen LogP contribution in [0.25, 0.3) is 22.1 Å². The second-order valence-electron chi connectivity index (χ2n) is 2.55. The number of fused-ring (bicyclic) bond motifs is 1. The Kier molecular flexibility index (Phi) is 1.38. The van der Waals surface area contributed by atoms with Crippen LogP contribution in [0, 0.1) is 11.3 Å². The van der Waals surface area contributed by atoms with Gasteiger partial charge in [-0.25, -0.2) is 0 Å². The topological polar surface area (TPSA) is 36.9 Å². The van der Waals surface area contributed by atoms with Crippen LogP contribution in [-0.4, -0.2) is 0 Å². The van der Waals surface area contributed by atoms with Crippen LogP contribution in [0.1, 0.15) is 6.92 Å². The van der Waals surface area contributed by atoms with Crippen LogP contribution in [0.3, 0.4) is 0 Å². The molecule has 0 spiro atoms. The Morgan fingerprint density at radius 1 is 1.33 bits per heavy atom. The molecule has 0 unspecified atom stereocenters. The SMILES string of the molecule is CC#N.c1cc2c3c-2coc3c1. The van der Waals surface area contributed by atoms with Gasteiger partial charge in [-0.05, 0) is 11.6 Å². The molecule has 2 aromatic rings. The molecule has 0 fully saturated rings. The van der Waals surface area contributed by atoms with Gasteiger partial charge in [-0.15, -0.1) is 0 Å². The third-order valence-electron chi connectivity index (χ3n) is 1.83. The molecule has 58 valence electrons. The number of hydrogen-bond donors (Lipinski definition) is 0. The molecule has 0 bridgehead atoms. The van der Waals surface area contributed by atoms with Gasteiger partial charge in [0.2, 0.25) is 0 Å². The minimum atomic E-state index is 1.03. The van der Waals surface area contributed by atoms with Crippen molar-refractivity contribution in [3.8, 4) is 17.2 Å². The Balaban J connectivity index is 0.000000169. The fourth-order valence-corrected chi connectivity index (χ4v) is 1.31. The lowest BCUT2D eigenvalue weighted by molar-refractivity contribution is 0.615. The summed E-state index contributed by atoms with van der Waals surface area (Å²) < 4.78 is 5.18. The summed E-state index contributed by atoms with van der Waals surface area (Å²) in [4.78, 5) is 0. The zero-order valence-corrected chi connectivity index (χ0v) is 6.66. The second-order valence-corrected chi connectivity index (χ2v) is 2.55. The molecule has 1 aliphatic rings. The molecule has 1 heterocycles. The Labute approximate surface area is 70.0 Å². The van der Waals surface area contributed by atoms with Crippen molar-refractivity contribution >= 4 is 11.0 Å². The molecule has 3 rings (SSSR count). The molecule has 1 aliphatic carbocycles. The fraction of sp³-hybridized carbons (Fsp3) is 0.100. The number of furan rings is 1. The average molecular weight is 157 g/mol. The summed E-state index contributed by atoms with van der Waals surface area (Å²) in [6.07, 6.45) is 1.82. The lowest BCUT2D eigenvalue weighted by Crippen LogP contribution is -1.55. The number of benzene rings is 1. The number of nitriles is 1. The smallest absolute Gasteiger partial charge is 0.135 e. The van der Waals surface area contributed by atoms with E-state index in [-0.39, 0.29) is 0 Å². The summed E-state index contributed by atoms with van der Waals surface area (Å²) >= 11 is 0. The Morgan fingerprint density at radius 2 is 2.08 bits per heavy atom. The predicted octanol–water partition coefficient (Wildman–Crippen LogP) is 2.94. The maximum atomic E-state index is 7.32. The van der Waals surface area contributed by atoms with Crippen LogP contribution in [0.15, 0.2) is 28.9 Å². The zero-order valence-electron chi connectivity index (χ0n) is 6.66. The first-order valence-electron chi connectivity index (χ1n) is 3.70. The van der Waals surface area contributed by atoms with E-state index in [4.69, 9.17) is 9.68 Å². The van der Waals surface area contributed by atoms with E-state index in [1.807, 2.05) is 18.4 Å². The average Bonchev–Trinajstić information content (AvgIpc) is 2.55. The van der Waals surface area contributed by atoms with Crippen LogP contribution >= 0.6 is 0 Å². The zero-order chi connectivity index (χ0) is 8.55. The second kappa shape index (κ2) is 2.38. The maximum Gasteiger partial charge on any atom is 0.135 e. The van der Waals surface area contributed by atoms with E-state index in [9.17, 15) is 0 Å². The summed E-state index contributed by atoms with van der Waals surface area (Å²) in [5.41, 5.74) is 3.70. The van der Waals surface area contributed by atoms with E-state index >= 15 is 0 Å². The standard InChI is InChI=1S/C8H4O.C2H3N/c1-2-5-6-4-9-7(3-1)8(5)6;1-2-3/h1-4H;1H3. The van der Waals surface area contributed by atoms with Gasteiger partial charge in [-0.3, -0.25) is 0 Å². The van der Waals surface area contributed by atoms with Crippen molar-refractivity contribution < 1.29 is 4.42 Å². The molecule has 0 radical (unpaired) electrons. The summed E-state index contributed by atoms with van der Waals surface area (Å²) in [6, 6.07) is 7.89. The highest BCUT2D eigenvalue weighted by molar-refractivity contribution is 6.18. The summed E-state index contributed by atoms with van der Waals surface area (Å²) in [5, 5.41) is 8.65. The van der Waals surface area contributed by atoms with Gasteiger partial charge in [0, 0.05) is 17.9 Å². The third kappa shape index (κ3) is 0.802. The van der Waals surface area contributed by atoms with Crippen LogP contribution in [0.2, 0.25) is 0 Å². The van der Waals surface area contributed by atoms with Gasteiger partial charge in [0.1, 0.15) is 5.58 Å². The maximum absolute atomic E-state index is 7.32. The van der Waals surface area contributed by atoms with E-state index in [0.717, 1.165) is 5.58 Å². The Morgan fingerprint density at radius 3 is 2.67 bits per heavy atom. The van der Waals surface area contributed by atoms with Crippen LogP contribution in [0.4, 0.5) is 0 Å². The van der Waals surface area contributed by atoms with Crippen molar-refractivity contribution in [2.45, 2.75) is 6.92 Å². The van der Waals surface area contributed by atoms with Gasteiger partial charge in [0.15, 0.2) is 0 Å². The van der Waals surface area contributed by atoms with Crippen molar-refractivity contribution in [1.29, 1.82) is 5.26 Å². The highest BCUT2D eigenvalue weighted by atomic mass is 16.3. The molecule has 0 aliphatic heterocycles. The molecule has 2 nitrogen and oxygen atoms in total. The summed E-state index contributed by atoms with van der Waals surface area (Å²) in [5.74, 6) is 0. The molecule has 0 saturated heterocycles. The van der Waals surface area contributed by atoms with Crippen LogP contribution in [0.5, 0.6) is 0 Å².